The third kappa shape index (κ3) is 2.61. The molecule has 0 spiro atoms. The molecule has 1 aliphatic carbocycles. The highest BCUT2D eigenvalue weighted by Gasteiger charge is 2.41. The fraction of sp³-hybridized carbons (Fsp3) is 0.818. The van der Waals surface area contributed by atoms with Crippen molar-refractivity contribution < 1.29 is 8.78 Å². The van der Waals surface area contributed by atoms with Gasteiger partial charge in [-0.15, -0.1) is 0 Å². The highest BCUT2D eigenvalue weighted by atomic mass is 19.3. The average molecular weight is 214 g/mol. The average Bonchev–Trinajstić information content (AvgIpc) is 2.71. The molecule has 15 heavy (non-hydrogen) atoms. The summed E-state index contributed by atoms with van der Waals surface area (Å²) in [6.45, 7) is 0. The van der Waals surface area contributed by atoms with Crippen LogP contribution >= 0.6 is 0 Å². The van der Waals surface area contributed by atoms with Gasteiger partial charge in [0, 0.05) is 18.6 Å². The van der Waals surface area contributed by atoms with E-state index in [9.17, 15) is 8.78 Å². The molecule has 1 unspecified atom stereocenters. The van der Waals surface area contributed by atoms with Crippen LogP contribution in [-0.4, -0.2) is 24.5 Å². The van der Waals surface area contributed by atoms with Crippen LogP contribution in [0.2, 0.25) is 0 Å². The number of hydrogen-bond donors (Lipinski definition) is 0. The van der Waals surface area contributed by atoms with E-state index in [2.05, 4.69) is 9.98 Å². The van der Waals surface area contributed by atoms with E-state index in [0.717, 1.165) is 19.3 Å². The van der Waals surface area contributed by atoms with Gasteiger partial charge in [-0.25, -0.2) is 13.8 Å². The van der Waals surface area contributed by atoms with Gasteiger partial charge < -0.3 is 0 Å². The maximum Gasteiger partial charge on any atom is 0.253 e. The highest BCUT2D eigenvalue weighted by Crippen LogP contribution is 2.39. The van der Waals surface area contributed by atoms with E-state index >= 15 is 0 Å². The second-order valence-corrected chi connectivity index (χ2v) is 4.43. The van der Waals surface area contributed by atoms with Gasteiger partial charge >= 0.3 is 0 Å². The zero-order valence-corrected chi connectivity index (χ0v) is 8.70. The molecule has 0 radical (unpaired) electrons. The Labute approximate surface area is 88.5 Å². The first kappa shape index (κ1) is 10.7. The summed E-state index contributed by atoms with van der Waals surface area (Å²) in [5.41, 5.74) is 0. The smallest absolute Gasteiger partial charge is 0.253 e. The first-order valence-corrected chi connectivity index (χ1v) is 5.61. The lowest BCUT2D eigenvalue weighted by Crippen LogP contribution is -2.33. The molecule has 1 fully saturated rings. The first-order chi connectivity index (χ1) is 7.18. The zero-order chi connectivity index (χ0) is 10.7. The fourth-order valence-electron chi connectivity index (χ4n) is 2.38. The van der Waals surface area contributed by atoms with Crippen LogP contribution in [0.1, 0.15) is 38.5 Å². The molecule has 1 atom stereocenters. The Morgan fingerprint density at radius 3 is 2.53 bits per heavy atom. The zero-order valence-electron chi connectivity index (χ0n) is 8.70. The van der Waals surface area contributed by atoms with E-state index in [1.54, 1.807) is 0 Å². The van der Waals surface area contributed by atoms with Crippen LogP contribution in [0.4, 0.5) is 8.78 Å². The lowest BCUT2D eigenvalue weighted by atomic mass is 9.82. The summed E-state index contributed by atoms with van der Waals surface area (Å²) >= 11 is 0. The minimum absolute atomic E-state index is 0.169. The molecule has 2 rings (SSSR count). The number of rotatable bonds is 3. The lowest BCUT2D eigenvalue weighted by Gasteiger charge is -2.30. The first-order valence-electron chi connectivity index (χ1n) is 5.61. The van der Waals surface area contributed by atoms with Crippen molar-refractivity contribution in [2.45, 2.75) is 50.5 Å². The number of alkyl halides is 2. The van der Waals surface area contributed by atoms with Crippen molar-refractivity contribution in [1.29, 1.82) is 0 Å². The summed E-state index contributed by atoms with van der Waals surface area (Å²) in [4.78, 5) is 7.63. The fourth-order valence-corrected chi connectivity index (χ4v) is 2.38. The molecule has 0 aromatic heterocycles. The summed E-state index contributed by atoms with van der Waals surface area (Å²) < 4.78 is 27.7. The molecular weight excluding hydrogens is 198 g/mol. The van der Waals surface area contributed by atoms with Crippen LogP contribution in [0.25, 0.3) is 0 Å². The topological polar surface area (TPSA) is 24.7 Å². The summed E-state index contributed by atoms with van der Waals surface area (Å²) in [5.74, 6) is -3.01. The molecule has 2 aliphatic rings. The van der Waals surface area contributed by atoms with Gasteiger partial charge in [-0.2, -0.15) is 0 Å². The predicted octanol–water partition coefficient (Wildman–Crippen LogP) is 3.07. The molecule has 0 aromatic carbocycles. The van der Waals surface area contributed by atoms with Gasteiger partial charge in [-0.05, 0) is 12.8 Å². The maximum atomic E-state index is 13.8. The van der Waals surface area contributed by atoms with Gasteiger partial charge in [-0.3, -0.25) is 4.99 Å². The Balaban J connectivity index is 1.92. The van der Waals surface area contributed by atoms with Gasteiger partial charge in [0.2, 0.25) is 0 Å². The summed E-state index contributed by atoms with van der Waals surface area (Å²) in [6.07, 6.45) is 7.04. The summed E-state index contributed by atoms with van der Waals surface area (Å²) in [5, 5.41) is 0. The van der Waals surface area contributed by atoms with Gasteiger partial charge in [0.25, 0.3) is 5.92 Å². The minimum atomic E-state index is -2.57. The Hall–Kier alpha value is -0.800. The molecule has 4 heteroatoms. The van der Waals surface area contributed by atoms with Crippen LogP contribution in [-0.2, 0) is 0 Å². The molecule has 0 aromatic rings. The SMILES string of the molecule is FC(F)(CC1C=NC=N1)C1CCCCC1. The van der Waals surface area contributed by atoms with Crippen molar-refractivity contribution in [3.63, 3.8) is 0 Å². The summed E-state index contributed by atoms with van der Waals surface area (Å²) in [7, 11) is 0. The molecule has 1 saturated carbocycles. The molecular formula is C11H16F2N2. The Bertz CT molecular complexity index is 256. The molecule has 0 saturated heterocycles. The largest absolute Gasteiger partial charge is 0.264 e. The predicted molar refractivity (Wildman–Crippen MR) is 56.9 cm³/mol. The van der Waals surface area contributed by atoms with Crippen molar-refractivity contribution in [3.8, 4) is 0 Å². The monoisotopic (exact) mass is 214 g/mol. The van der Waals surface area contributed by atoms with Crippen molar-refractivity contribution in [1.82, 2.24) is 0 Å². The number of halogens is 2. The van der Waals surface area contributed by atoms with E-state index in [4.69, 9.17) is 0 Å². The van der Waals surface area contributed by atoms with Crippen molar-refractivity contribution in [2.75, 3.05) is 0 Å². The molecule has 0 N–H and O–H groups in total. The lowest BCUT2D eigenvalue weighted by molar-refractivity contribution is -0.0776. The molecule has 2 nitrogen and oxygen atoms in total. The van der Waals surface area contributed by atoms with E-state index in [0.29, 0.717) is 12.8 Å². The van der Waals surface area contributed by atoms with Gasteiger partial charge in [0.05, 0.1) is 6.04 Å². The number of nitrogens with zero attached hydrogens (tertiary/aromatic N) is 2. The normalized spacial score (nSPS) is 27.5. The minimum Gasteiger partial charge on any atom is -0.264 e. The van der Waals surface area contributed by atoms with E-state index in [1.807, 2.05) is 0 Å². The van der Waals surface area contributed by atoms with E-state index in [1.165, 1.54) is 12.6 Å². The van der Waals surface area contributed by atoms with Crippen LogP contribution in [0.5, 0.6) is 0 Å². The molecule has 0 bridgehead atoms. The quantitative estimate of drug-likeness (QED) is 0.689. The van der Waals surface area contributed by atoms with Crippen LogP contribution in [0.3, 0.4) is 0 Å². The maximum absolute atomic E-state index is 13.8. The number of hydrogen-bond acceptors (Lipinski definition) is 2. The second kappa shape index (κ2) is 4.37. The Morgan fingerprint density at radius 2 is 1.93 bits per heavy atom. The van der Waals surface area contributed by atoms with Gasteiger partial charge in [0.15, 0.2) is 0 Å². The molecule has 0 amide bonds. The standard InChI is InChI=1S/C11H16F2N2/c12-11(13,6-10-7-14-8-15-10)9-4-2-1-3-5-9/h7-10H,1-6H2. The van der Waals surface area contributed by atoms with Crippen molar-refractivity contribution in [3.05, 3.63) is 0 Å². The Kier molecular flexibility index (Phi) is 3.12. The van der Waals surface area contributed by atoms with E-state index < -0.39 is 17.9 Å². The molecule has 84 valence electrons. The van der Waals surface area contributed by atoms with Crippen LogP contribution < -0.4 is 0 Å². The van der Waals surface area contributed by atoms with Crippen molar-refractivity contribution in [2.24, 2.45) is 15.9 Å². The van der Waals surface area contributed by atoms with Crippen LogP contribution in [0.15, 0.2) is 9.98 Å². The number of aliphatic imine (C=N–C) groups is 2. The highest BCUT2D eigenvalue weighted by molar-refractivity contribution is 5.82. The second-order valence-electron chi connectivity index (χ2n) is 4.43. The molecule has 1 heterocycles. The Morgan fingerprint density at radius 1 is 1.20 bits per heavy atom. The molecule has 1 aliphatic heterocycles. The van der Waals surface area contributed by atoms with Gasteiger partial charge in [0.1, 0.15) is 6.34 Å². The van der Waals surface area contributed by atoms with Gasteiger partial charge in [-0.1, -0.05) is 19.3 Å². The van der Waals surface area contributed by atoms with Crippen molar-refractivity contribution >= 4 is 12.6 Å². The van der Waals surface area contributed by atoms with Crippen LogP contribution in [0, 0.1) is 5.92 Å². The van der Waals surface area contributed by atoms with E-state index in [-0.39, 0.29) is 6.42 Å². The summed E-state index contributed by atoms with van der Waals surface area (Å²) in [6, 6.07) is -0.401. The third-order valence-corrected chi connectivity index (χ3v) is 3.27. The third-order valence-electron chi connectivity index (χ3n) is 3.27.